The van der Waals surface area contributed by atoms with Crippen LogP contribution in [0, 0.1) is 19.8 Å². The van der Waals surface area contributed by atoms with Crippen LogP contribution in [0.5, 0.6) is 0 Å². The van der Waals surface area contributed by atoms with Gasteiger partial charge in [-0.15, -0.1) is 0 Å². The van der Waals surface area contributed by atoms with Gasteiger partial charge < -0.3 is 10.2 Å². The molecule has 3 aromatic carbocycles. The summed E-state index contributed by atoms with van der Waals surface area (Å²) in [6.07, 6.45) is 0. The van der Waals surface area contributed by atoms with Crippen LogP contribution in [-0.2, 0) is 26.2 Å². The SMILES string of the molecule is Cc1cccc(N(CC(=O)N(Cc2ccc(Cl)cc2)[C@@H](C)C(=O)NCC(C)C)S(=O)(=O)c2ccccc2)c1C. The fourth-order valence-corrected chi connectivity index (χ4v) is 5.68. The molecule has 2 amide bonds. The molecule has 0 saturated heterocycles. The molecule has 3 aromatic rings. The molecule has 1 atom stereocenters. The lowest BCUT2D eigenvalue weighted by molar-refractivity contribution is -0.139. The zero-order valence-corrected chi connectivity index (χ0v) is 24.6. The van der Waals surface area contributed by atoms with Crippen LogP contribution in [0.2, 0.25) is 5.02 Å². The predicted octanol–water partition coefficient (Wildman–Crippen LogP) is 5.34. The molecule has 39 heavy (non-hydrogen) atoms. The lowest BCUT2D eigenvalue weighted by atomic mass is 10.1. The molecular weight excluding hydrogens is 534 g/mol. The van der Waals surface area contributed by atoms with E-state index in [0.717, 1.165) is 21.0 Å². The standard InChI is InChI=1S/C30H36ClN3O4S/c1-21(2)18-32-30(36)24(5)33(19-25-14-16-26(31)17-15-25)29(35)20-34(28-13-9-10-22(3)23(28)4)39(37,38)27-11-7-6-8-12-27/h6-17,21,24H,18-20H2,1-5H3,(H,32,36)/t24-/m0/s1. The van der Waals surface area contributed by atoms with E-state index in [1.54, 1.807) is 61.5 Å². The number of amides is 2. The molecule has 7 nitrogen and oxygen atoms in total. The number of rotatable bonds is 11. The van der Waals surface area contributed by atoms with Gasteiger partial charge in [-0.3, -0.25) is 13.9 Å². The molecule has 0 aromatic heterocycles. The van der Waals surface area contributed by atoms with Crippen molar-refractivity contribution in [2.75, 3.05) is 17.4 Å². The normalized spacial score (nSPS) is 12.2. The minimum absolute atomic E-state index is 0.0747. The van der Waals surface area contributed by atoms with Crippen LogP contribution in [0.4, 0.5) is 5.69 Å². The second-order valence-corrected chi connectivity index (χ2v) is 12.3. The monoisotopic (exact) mass is 569 g/mol. The molecule has 0 spiro atoms. The third kappa shape index (κ3) is 7.61. The van der Waals surface area contributed by atoms with Crippen LogP contribution < -0.4 is 9.62 Å². The van der Waals surface area contributed by atoms with Gasteiger partial charge in [0.25, 0.3) is 10.0 Å². The van der Waals surface area contributed by atoms with E-state index in [1.165, 1.54) is 17.0 Å². The maximum atomic E-state index is 14.0. The van der Waals surface area contributed by atoms with Gasteiger partial charge in [0, 0.05) is 18.1 Å². The Morgan fingerprint density at radius 2 is 1.54 bits per heavy atom. The number of carbonyl (C=O) groups excluding carboxylic acids is 2. The number of anilines is 1. The van der Waals surface area contributed by atoms with Gasteiger partial charge >= 0.3 is 0 Å². The summed E-state index contributed by atoms with van der Waals surface area (Å²) >= 11 is 6.05. The summed E-state index contributed by atoms with van der Waals surface area (Å²) in [5.74, 6) is -0.579. The number of nitrogens with zero attached hydrogens (tertiary/aromatic N) is 2. The molecule has 9 heteroatoms. The topological polar surface area (TPSA) is 86.8 Å². The highest BCUT2D eigenvalue weighted by atomic mass is 35.5. The molecule has 208 valence electrons. The Hall–Kier alpha value is -3.36. The van der Waals surface area contributed by atoms with Crippen LogP contribution in [-0.4, -0.2) is 44.3 Å². The van der Waals surface area contributed by atoms with Crippen molar-refractivity contribution < 1.29 is 18.0 Å². The Balaban J connectivity index is 2.04. The van der Waals surface area contributed by atoms with Gasteiger partial charge in [-0.1, -0.05) is 67.9 Å². The highest BCUT2D eigenvalue weighted by Crippen LogP contribution is 2.29. The summed E-state index contributed by atoms with van der Waals surface area (Å²) in [6.45, 7) is 9.43. The summed E-state index contributed by atoms with van der Waals surface area (Å²) in [4.78, 5) is 28.5. The molecule has 0 saturated carbocycles. The van der Waals surface area contributed by atoms with Crippen molar-refractivity contribution in [3.63, 3.8) is 0 Å². The molecule has 0 heterocycles. The quantitative estimate of drug-likeness (QED) is 0.338. The first-order chi connectivity index (χ1) is 18.4. The van der Waals surface area contributed by atoms with Gasteiger partial charge in [0.1, 0.15) is 12.6 Å². The van der Waals surface area contributed by atoms with Crippen LogP contribution in [0.1, 0.15) is 37.5 Å². The zero-order valence-electron chi connectivity index (χ0n) is 23.0. The van der Waals surface area contributed by atoms with Crippen molar-refractivity contribution in [2.24, 2.45) is 5.92 Å². The highest BCUT2D eigenvalue weighted by molar-refractivity contribution is 7.92. The molecule has 0 fully saturated rings. The summed E-state index contributed by atoms with van der Waals surface area (Å²) in [7, 11) is -4.10. The van der Waals surface area contributed by atoms with E-state index in [-0.39, 0.29) is 23.3 Å². The lowest BCUT2D eigenvalue weighted by Crippen LogP contribution is -2.51. The fourth-order valence-electron chi connectivity index (χ4n) is 4.06. The lowest BCUT2D eigenvalue weighted by Gasteiger charge is -2.32. The van der Waals surface area contributed by atoms with E-state index in [9.17, 15) is 18.0 Å². The van der Waals surface area contributed by atoms with Crippen molar-refractivity contribution in [1.82, 2.24) is 10.2 Å². The van der Waals surface area contributed by atoms with Crippen molar-refractivity contribution in [3.8, 4) is 0 Å². The number of aryl methyl sites for hydroxylation is 1. The van der Waals surface area contributed by atoms with Crippen molar-refractivity contribution >= 4 is 39.1 Å². The Kier molecular flexibility index (Phi) is 10.2. The highest BCUT2D eigenvalue weighted by Gasteiger charge is 2.33. The smallest absolute Gasteiger partial charge is 0.264 e. The fraction of sp³-hybridized carbons (Fsp3) is 0.333. The predicted molar refractivity (Wildman–Crippen MR) is 156 cm³/mol. The van der Waals surface area contributed by atoms with Crippen LogP contribution in [0.25, 0.3) is 0 Å². The van der Waals surface area contributed by atoms with Crippen LogP contribution in [0.3, 0.4) is 0 Å². The van der Waals surface area contributed by atoms with E-state index in [0.29, 0.717) is 17.3 Å². The maximum absolute atomic E-state index is 14.0. The minimum Gasteiger partial charge on any atom is -0.354 e. The number of hydrogen-bond donors (Lipinski definition) is 1. The molecule has 3 rings (SSSR count). The molecule has 0 radical (unpaired) electrons. The van der Waals surface area contributed by atoms with Gasteiger partial charge in [0.15, 0.2) is 0 Å². The first-order valence-electron chi connectivity index (χ1n) is 12.9. The van der Waals surface area contributed by atoms with Crippen LogP contribution >= 0.6 is 11.6 Å². The molecular formula is C30H36ClN3O4S. The molecule has 0 unspecified atom stereocenters. The van der Waals surface area contributed by atoms with Gasteiger partial charge in [-0.05, 0) is 73.7 Å². The number of halogens is 1. The van der Waals surface area contributed by atoms with E-state index in [2.05, 4.69) is 5.32 Å². The number of carbonyl (C=O) groups is 2. The van der Waals surface area contributed by atoms with Crippen molar-refractivity contribution in [1.29, 1.82) is 0 Å². The van der Waals surface area contributed by atoms with Gasteiger partial charge in [-0.2, -0.15) is 0 Å². The second kappa shape index (κ2) is 13.1. The Morgan fingerprint density at radius 3 is 2.15 bits per heavy atom. The number of benzene rings is 3. The van der Waals surface area contributed by atoms with Gasteiger partial charge in [0.05, 0.1) is 10.6 Å². The summed E-state index contributed by atoms with van der Waals surface area (Å²) in [5, 5.41) is 3.43. The third-order valence-electron chi connectivity index (χ3n) is 6.57. The average Bonchev–Trinajstić information content (AvgIpc) is 2.91. The molecule has 0 bridgehead atoms. The Bertz CT molecular complexity index is 1390. The number of hydrogen-bond acceptors (Lipinski definition) is 4. The molecule has 0 aliphatic rings. The van der Waals surface area contributed by atoms with E-state index in [1.807, 2.05) is 33.8 Å². The molecule has 0 aliphatic heterocycles. The molecule has 0 aliphatic carbocycles. The van der Waals surface area contributed by atoms with Crippen molar-refractivity contribution in [2.45, 2.75) is 52.1 Å². The summed E-state index contributed by atoms with van der Waals surface area (Å²) < 4.78 is 28.9. The number of nitrogens with one attached hydrogen (secondary N) is 1. The summed E-state index contributed by atoms with van der Waals surface area (Å²) in [5.41, 5.74) is 2.82. The van der Waals surface area contributed by atoms with Crippen LogP contribution in [0.15, 0.2) is 77.7 Å². The van der Waals surface area contributed by atoms with Gasteiger partial charge in [-0.25, -0.2) is 8.42 Å². The van der Waals surface area contributed by atoms with E-state index in [4.69, 9.17) is 11.6 Å². The van der Waals surface area contributed by atoms with E-state index >= 15 is 0 Å². The zero-order chi connectivity index (χ0) is 28.7. The van der Waals surface area contributed by atoms with Gasteiger partial charge in [0.2, 0.25) is 11.8 Å². The summed E-state index contributed by atoms with van der Waals surface area (Å²) in [6, 6.07) is 19.5. The maximum Gasteiger partial charge on any atom is 0.264 e. The first-order valence-corrected chi connectivity index (χ1v) is 14.7. The first kappa shape index (κ1) is 30.2. The minimum atomic E-state index is -4.10. The largest absolute Gasteiger partial charge is 0.354 e. The second-order valence-electron chi connectivity index (χ2n) is 10.0. The van der Waals surface area contributed by atoms with E-state index < -0.39 is 28.5 Å². The Morgan fingerprint density at radius 1 is 0.897 bits per heavy atom. The number of sulfonamides is 1. The third-order valence-corrected chi connectivity index (χ3v) is 8.60. The Labute approximate surface area is 236 Å². The van der Waals surface area contributed by atoms with Crippen molar-refractivity contribution in [3.05, 3.63) is 94.5 Å². The average molecular weight is 570 g/mol. The molecule has 1 N–H and O–H groups in total.